The van der Waals surface area contributed by atoms with E-state index in [2.05, 4.69) is 26.1 Å². The normalized spacial score (nSPS) is 14.0. The zero-order valence-corrected chi connectivity index (χ0v) is 24.0. The molecule has 0 atom stereocenters. The van der Waals surface area contributed by atoms with Crippen LogP contribution in [0.4, 0.5) is 5.95 Å². The minimum atomic E-state index is -3.79. The molecule has 1 aromatic heterocycles. The Morgan fingerprint density at radius 2 is 1.62 bits per heavy atom. The Kier molecular flexibility index (Phi) is 7.53. The van der Waals surface area contributed by atoms with E-state index in [-0.39, 0.29) is 29.0 Å². The molecule has 1 N–H and O–H groups in total. The van der Waals surface area contributed by atoms with Gasteiger partial charge in [0.25, 0.3) is 5.56 Å². The number of methoxy groups -OCH3 is 1. The minimum absolute atomic E-state index is 0.0316. The van der Waals surface area contributed by atoms with Crippen molar-refractivity contribution in [2.24, 2.45) is 0 Å². The number of rotatable bonds is 7. The Bertz CT molecular complexity index is 1660. The van der Waals surface area contributed by atoms with Gasteiger partial charge in [-0.05, 0) is 52.9 Å². The molecule has 3 aromatic carbocycles. The van der Waals surface area contributed by atoms with Gasteiger partial charge in [-0.3, -0.25) is 4.79 Å². The third-order valence-corrected chi connectivity index (χ3v) is 9.04. The summed E-state index contributed by atoms with van der Waals surface area (Å²) in [6, 6.07) is 23.9. The molecule has 4 aromatic rings. The fraction of sp³-hybridized carbons (Fsp3) is 0.290. The molecule has 8 nitrogen and oxygen atoms in total. The van der Waals surface area contributed by atoms with Crippen molar-refractivity contribution in [1.29, 1.82) is 0 Å². The van der Waals surface area contributed by atoms with E-state index in [0.29, 0.717) is 35.9 Å². The highest BCUT2D eigenvalue weighted by Crippen LogP contribution is 2.27. The first-order chi connectivity index (χ1) is 19.1. The van der Waals surface area contributed by atoms with Gasteiger partial charge >= 0.3 is 0 Å². The molecule has 1 aliphatic rings. The second-order valence-electron chi connectivity index (χ2n) is 10.9. The average Bonchev–Trinajstić information content (AvgIpc) is 2.96. The summed E-state index contributed by atoms with van der Waals surface area (Å²) in [6.07, 6.45) is 0.344. The van der Waals surface area contributed by atoms with Crippen LogP contribution in [0.5, 0.6) is 5.75 Å². The van der Waals surface area contributed by atoms with E-state index in [9.17, 15) is 13.2 Å². The molecule has 208 valence electrons. The van der Waals surface area contributed by atoms with Gasteiger partial charge in [0.1, 0.15) is 5.75 Å². The molecular formula is C31H34N4O4S. The van der Waals surface area contributed by atoms with Crippen molar-refractivity contribution in [1.82, 2.24) is 13.9 Å². The van der Waals surface area contributed by atoms with E-state index >= 15 is 0 Å². The fourth-order valence-corrected chi connectivity index (χ4v) is 6.20. The van der Waals surface area contributed by atoms with E-state index in [1.54, 1.807) is 19.2 Å². The van der Waals surface area contributed by atoms with Crippen LogP contribution in [0.2, 0.25) is 0 Å². The van der Waals surface area contributed by atoms with Crippen LogP contribution < -0.4 is 15.6 Å². The first kappa shape index (κ1) is 27.6. The summed E-state index contributed by atoms with van der Waals surface area (Å²) in [5.41, 5.74) is 3.35. The highest BCUT2D eigenvalue weighted by molar-refractivity contribution is 7.89. The van der Waals surface area contributed by atoms with Crippen LogP contribution >= 0.6 is 0 Å². The van der Waals surface area contributed by atoms with Gasteiger partial charge in [0.05, 0.1) is 29.0 Å². The number of anilines is 1. The smallest absolute Gasteiger partial charge is 0.264 e. The number of benzene rings is 3. The molecule has 0 aliphatic carbocycles. The van der Waals surface area contributed by atoms with Crippen LogP contribution in [0, 0.1) is 0 Å². The van der Waals surface area contributed by atoms with Crippen LogP contribution in [-0.4, -0.2) is 35.9 Å². The Hall–Kier alpha value is -3.95. The first-order valence-corrected chi connectivity index (χ1v) is 14.7. The number of hydrogen-bond acceptors (Lipinski definition) is 6. The number of hydrogen-bond donors (Lipinski definition) is 1. The Balaban J connectivity index is 1.48. The number of nitrogens with one attached hydrogen (secondary N) is 1. The molecule has 40 heavy (non-hydrogen) atoms. The standard InChI is InChI=1S/C31H34N4O4S/c1-31(2,3)23-12-16-26(17-13-23)40(37,38)34-19-18-28-27(21-34)29(36)35(24-8-6-5-7-9-24)30(33-28)32-20-22-10-14-25(39-4)15-11-22/h5-17H,18-21H2,1-4H3,(H,32,33). The lowest BCUT2D eigenvalue weighted by molar-refractivity contribution is 0.384. The summed E-state index contributed by atoms with van der Waals surface area (Å²) in [5.74, 6) is 1.18. The Labute approximate surface area is 235 Å². The van der Waals surface area contributed by atoms with Crippen molar-refractivity contribution in [3.63, 3.8) is 0 Å². The van der Waals surface area contributed by atoms with Gasteiger partial charge in [0.2, 0.25) is 16.0 Å². The SMILES string of the molecule is COc1ccc(CNc2nc3c(c(=O)n2-c2ccccc2)CN(S(=O)(=O)c2ccc(C(C)(C)C)cc2)CC3)cc1. The summed E-state index contributed by atoms with van der Waals surface area (Å²) < 4.78 is 35.3. The summed E-state index contributed by atoms with van der Waals surface area (Å²) in [5, 5.41) is 3.32. The molecule has 2 heterocycles. The van der Waals surface area contributed by atoms with Gasteiger partial charge in [0.15, 0.2) is 0 Å². The van der Waals surface area contributed by atoms with Gasteiger partial charge in [0, 0.05) is 26.1 Å². The van der Waals surface area contributed by atoms with Crippen LogP contribution in [0.1, 0.15) is 43.2 Å². The number of para-hydroxylation sites is 1. The van der Waals surface area contributed by atoms with Crippen molar-refractivity contribution >= 4 is 16.0 Å². The van der Waals surface area contributed by atoms with E-state index in [1.807, 2.05) is 66.7 Å². The highest BCUT2D eigenvalue weighted by atomic mass is 32.2. The predicted octanol–water partition coefficient (Wildman–Crippen LogP) is 4.90. The van der Waals surface area contributed by atoms with Gasteiger partial charge < -0.3 is 10.1 Å². The van der Waals surface area contributed by atoms with Crippen molar-refractivity contribution in [2.75, 3.05) is 19.0 Å². The molecule has 0 amide bonds. The summed E-state index contributed by atoms with van der Waals surface area (Å²) in [4.78, 5) is 19.0. The largest absolute Gasteiger partial charge is 0.497 e. The molecule has 0 spiro atoms. The lowest BCUT2D eigenvalue weighted by Crippen LogP contribution is -2.41. The third kappa shape index (κ3) is 5.52. The number of ether oxygens (including phenoxy) is 1. The maximum Gasteiger partial charge on any atom is 0.264 e. The van der Waals surface area contributed by atoms with Crippen LogP contribution in [0.3, 0.4) is 0 Å². The lowest BCUT2D eigenvalue weighted by atomic mass is 9.87. The maximum absolute atomic E-state index is 13.9. The van der Waals surface area contributed by atoms with Gasteiger partial charge in [-0.25, -0.2) is 18.0 Å². The quantitative estimate of drug-likeness (QED) is 0.347. The predicted molar refractivity (Wildman–Crippen MR) is 157 cm³/mol. The maximum atomic E-state index is 13.9. The first-order valence-electron chi connectivity index (χ1n) is 13.3. The summed E-state index contributed by atoms with van der Waals surface area (Å²) >= 11 is 0. The molecule has 0 bridgehead atoms. The molecule has 0 fully saturated rings. The van der Waals surface area contributed by atoms with Crippen molar-refractivity contribution in [2.45, 2.75) is 50.6 Å². The van der Waals surface area contributed by atoms with Crippen LogP contribution in [0.15, 0.2) is 88.6 Å². The zero-order valence-electron chi connectivity index (χ0n) is 23.2. The minimum Gasteiger partial charge on any atom is -0.497 e. The van der Waals surface area contributed by atoms with E-state index in [0.717, 1.165) is 16.9 Å². The lowest BCUT2D eigenvalue weighted by Gasteiger charge is -2.28. The molecule has 0 unspecified atom stereocenters. The van der Waals surface area contributed by atoms with Crippen molar-refractivity contribution < 1.29 is 13.2 Å². The fourth-order valence-electron chi connectivity index (χ4n) is 4.79. The monoisotopic (exact) mass is 558 g/mol. The Morgan fingerprint density at radius 3 is 2.25 bits per heavy atom. The van der Waals surface area contributed by atoms with Crippen molar-refractivity contribution in [3.8, 4) is 11.4 Å². The summed E-state index contributed by atoms with van der Waals surface area (Å²) in [7, 11) is -2.17. The van der Waals surface area contributed by atoms with Gasteiger partial charge in [-0.15, -0.1) is 0 Å². The van der Waals surface area contributed by atoms with Gasteiger partial charge in [-0.1, -0.05) is 63.2 Å². The zero-order chi connectivity index (χ0) is 28.5. The second kappa shape index (κ2) is 10.9. The molecule has 0 saturated carbocycles. The number of nitrogens with zero attached hydrogens (tertiary/aromatic N) is 3. The average molecular weight is 559 g/mol. The molecule has 1 aliphatic heterocycles. The number of sulfonamides is 1. The van der Waals surface area contributed by atoms with Crippen molar-refractivity contribution in [3.05, 3.63) is 112 Å². The third-order valence-electron chi connectivity index (χ3n) is 7.18. The van der Waals surface area contributed by atoms with Gasteiger partial charge in [-0.2, -0.15) is 4.31 Å². The summed E-state index contributed by atoms with van der Waals surface area (Å²) in [6.45, 7) is 6.92. The number of fused-ring (bicyclic) bond motifs is 1. The highest BCUT2D eigenvalue weighted by Gasteiger charge is 2.32. The van der Waals surface area contributed by atoms with E-state index in [1.165, 1.54) is 8.87 Å². The topological polar surface area (TPSA) is 93.5 Å². The Morgan fingerprint density at radius 1 is 0.950 bits per heavy atom. The molecular weight excluding hydrogens is 524 g/mol. The van der Waals surface area contributed by atoms with E-state index < -0.39 is 10.0 Å². The molecule has 9 heteroatoms. The van der Waals surface area contributed by atoms with E-state index in [4.69, 9.17) is 9.72 Å². The second-order valence-corrected chi connectivity index (χ2v) is 12.8. The molecule has 0 radical (unpaired) electrons. The van der Waals surface area contributed by atoms with Crippen LogP contribution in [-0.2, 0) is 34.9 Å². The molecule has 0 saturated heterocycles. The number of aromatic nitrogens is 2. The molecule has 5 rings (SSSR count). The van der Waals surface area contributed by atoms with Crippen LogP contribution in [0.25, 0.3) is 5.69 Å².